The van der Waals surface area contributed by atoms with Crippen LogP contribution in [0.5, 0.6) is 0 Å². The topological polar surface area (TPSA) is 15.3 Å². The highest BCUT2D eigenvalue weighted by molar-refractivity contribution is 5.04. The number of alkyl halides is 2. The molecule has 0 amide bonds. The van der Waals surface area contributed by atoms with E-state index in [0.717, 1.165) is 13.1 Å². The van der Waals surface area contributed by atoms with Gasteiger partial charge in [-0.1, -0.05) is 13.8 Å². The molecule has 0 aromatic heterocycles. The molecule has 2 atom stereocenters. The second-order valence-electron chi connectivity index (χ2n) is 6.20. The summed E-state index contributed by atoms with van der Waals surface area (Å²) in [6.45, 7) is 7.96. The van der Waals surface area contributed by atoms with Crippen LogP contribution in [0.2, 0.25) is 0 Å². The highest BCUT2D eigenvalue weighted by Gasteiger charge is 2.46. The van der Waals surface area contributed by atoms with E-state index in [4.69, 9.17) is 0 Å². The standard InChI is InChI=1S/C13H24F2N2/c1-9(2)11-6-16-13(3,10-4-5-10)8-17(11)7-12(14)15/h9-12,16H,4-8H2,1-3H3. The van der Waals surface area contributed by atoms with Gasteiger partial charge in [0.15, 0.2) is 0 Å². The van der Waals surface area contributed by atoms with Gasteiger partial charge < -0.3 is 5.32 Å². The van der Waals surface area contributed by atoms with Gasteiger partial charge in [-0.3, -0.25) is 4.90 Å². The lowest BCUT2D eigenvalue weighted by molar-refractivity contribution is 0.00416. The van der Waals surface area contributed by atoms with Crippen molar-refractivity contribution in [3.8, 4) is 0 Å². The van der Waals surface area contributed by atoms with E-state index in [1.165, 1.54) is 12.8 Å². The Hall–Kier alpha value is -0.220. The average molecular weight is 246 g/mol. The number of halogens is 2. The maximum atomic E-state index is 12.7. The first-order valence-electron chi connectivity index (χ1n) is 6.69. The predicted octanol–water partition coefficient (Wildman–Crippen LogP) is 2.35. The SMILES string of the molecule is CC(C)C1CNC(C)(C2CC2)CN1CC(F)F. The first-order valence-corrected chi connectivity index (χ1v) is 6.69. The van der Waals surface area contributed by atoms with Crippen molar-refractivity contribution in [3.63, 3.8) is 0 Å². The normalized spacial score (nSPS) is 35.8. The summed E-state index contributed by atoms with van der Waals surface area (Å²) in [5.74, 6) is 1.11. The lowest BCUT2D eigenvalue weighted by atomic mass is 9.88. The van der Waals surface area contributed by atoms with Gasteiger partial charge in [-0.2, -0.15) is 0 Å². The molecular weight excluding hydrogens is 222 g/mol. The van der Waals surface area contributed by atoms with Crippen LogP contribution in [0.25, 0.3) is 0 Å². The second-order valence-corrected chi connectivity index (χ2v) is 6.20. The van der Waals surface area contributed by atoms with Gasteiger partial charge in [-0.25, -0.2) is 8.78 Å². The number of nitrogens with one attached hydrogen (secondary N) is 1. The van der Waals surface area contributed by atoms with Crippen LogP contribution in [0.15, 0.2) is 0 Å². The Morgan fingerprint density at radius 3 is 2.47 bits per heavy atom. The first-order chi connectivity index (χ1) is 7.92. The Bertz CT molecular complexity index is 266. The van der Waals surface area contributed by atoms with Gasteiger partial charge in [-0.05, 0) is 31.6 Å². The summed E-state index contributed by atoms with van der Waals surface area (Å²) in [5.41, 5.74) is 0.0558. The molecule has 17 heavy (non-hydrogen) atoms. The van der Waals surface area contributed by atoms with Crippen LogP contribution in [0.4, 0.5) is 8.78 Å². The molecule has 1 saturated carbocycles. The van der Waals surface area contributed by atoms with Crippen molar-refractivity contribution in [1.29, 1.82) is 0 Å². The third kappa shape index (κ3) is 2.97. The van der Waals surface area contributed by atoms with Crippen LogP contribution in [0.3, 0.4) is 0 Å². The van der Waals surface area contributed by atoms with Crippen LogP contribution in [-0.4, -0.2) is 42.5 Å². The van der Waals surface area contributed by atoms with E-state index in [0.29, 0.717) is 11.8 Å². The summed E-state index contributed by atoms with van der Waals surface area (Å²) in [7, 11) is 0. The minimum atomic E-state index is -2.22. The van der Waals surface area contributed by atoms with Gasteiger partial charge in [0.2, 0.25) is 0 Å². The Labute approximate surface area is 103 Å². The quantitative estimate of drug-likeness (QED) is 0.819. The summed E-state index contributed by atoms with van der Waals surface area (Å²) in [5, 5.41) is 3.61. The summed E-state index contributed by atoms with van der Waals surface area (Å²) >= 11 is 0. The van der Waals surface area contributed by atoms with Gasteiger partial charge >= 0.3 is 0 Å². The largest absolute Gasteiger partial charge is 0.308 e. The van der Waals surface area contributed by atoms with E-state index in [1.54, 1.807) is 0 Å². The zero-order valence-corrected chi connectivity index (χ0v) is 11.0. The van der Waals surface area contributed by atoms with Crippen molar-refractivity contribution in [1.82, 2.24) is 10.2 Å². The smallest absolute Gasteiger partial charge is 0.251 e. The van der Waals surface area contributed by atoms with Gasteiger partial charge in [0.1, 0.15) is 0 Å². The molecule has 0 aromatic rings. The van der Waals surface area contributed by atoms with Crippen molar-refractivity contribution in [2.75, 3.05) is 19.6 Å². The van der Waals surface area contributed by atoms with E-state index < -0.39 is 6.43 Å². The van der Waals surface area contributed by atoms with Gasteiger partial charge in [-0.15, -0.1) is 0 Å². The van der Waals surface area contributed by atoms with Crippen LogP contribution >= 0.6 is 0 Å². The number of nitrogens with zero attached hydrogens (tertiary/aromatic N) is 1. The molecule has 1 heterocycles. The molecule has 0 spiro atoms. The van der Waals surface area contributed by atoms with Gasteiger partial charge in [0.05, 0.1) is 6.54 Å². The number of piperazine rings is 1. The van der Waals surface area contributed by atoms with Crippen molar-refractivity contribution < 1.29 is 8.78 Å². The lowest BCUT2D eigenvalue weighted by Crippen LogP contribution is -2.65. The van der Waals surface area contributed by atoms with Crippen LogP contribution < -0.4 is 5.32 Å². The highest BCUT2D eigenvalue weighted by Crippen LogP contribution is 2.41. The molecule has 4 heteroatoms. The van der Waals surface area contributed by atoms with Crippen molar-refractivity contribution in [2.24, 2.45) is 11.8 Å². The van der Waals surface area contributed by atoms with E-state index in [2.05, 4.69) is 26.1 Å². The predicted molar refractivity (Wildman–Crippen MR) is 65.3 cm³/mol. The minimum absolute atomic E-state index is 0.0558. The number of rotatable bonds is 4. The fourth-order valence-electron chi connectivity index (χ4n) is 3.09. The van der Waals surface area contributed by atoms with E-state index in [-0.39, 0.29) is 18.1 Å². The molecule has 0 bridgehead atoms. The monoisotopic (exact) mass is 246 g/mol. The minimum Gasteiger partial charge on any atom is -0.308 e. The van der Waals surface area contributed by atoms with Crippen LogP contribution in [-0.2, 0) is 0 Å². The van der Waals surface area contributed by atoms with Crippen LogP contribution in [0, 0.1) is 11.8 Å². The van der Waals surface area contributed by atoms with Gasteiger partial charge in [0.25, 0.3) is 6.43 Å². The zero-order chi connectivity index (χ0) is 12.6. The zero-order valence-electron chi connectivity index (χ0n) is 11.0. The molecule has 1 N–H and O–H groups in total. The van der Waals surface area contributed by atoms with E-state index in [9.17, 15) is 8.78 Å². The molecule has 0 radical (unpaired) electrons. The van der Waals surface area contributed by atoms with Gasteiger partial charge in [0, 0.05) is 24.7 Å². The molecule has 1 aliphatic carbocycles. The molecule has 2 aliphatic rings. The fourth-order valence-corrected chi connectivity index (χ4v) is 3.09. The summed E-state index contributed by atoms with van der Waals surface area (Å²) < 4.78 is 25.3. The average Bonchev–Trinajstić information content (AvgIpc) is 2.98. The van der Waals surface area contributed by atoms with Crippen LogP contribution in [0.1, 0.15) is 33.6 Å². The Balaban J connectivity index is 2.03. The molecule has 2 unspecified atom stereocenters. The second kappa shape index (κ2) is 4.81. The molecule has 0 aromatic carbocycles. The summed E-state index contributed by atoms with van der Waals surface area (Å²) in [6, 6.07) is 0.246. The molecule has 100 valence electrons. The van der Waals surface area contributed by atoms with E-state index >= 15 is 0 Å². The molecule has 2 rings (SSSR count). The maximum Gasteiger partial charge on any atom is 0.251 e. The lowest BCUT2D eigenvalue weighted by Gasteiger charge is -2.48. The Morgan fingerprint density at radius 1 is 1.35 bits per heavy atom. The molecule has 2 fully saturated rings. The molecule has 2 nitrogen and oxygen atoms in total. The first kappa shape index (κ1) is 13.2. The van der Waals surface area contributed by atoms with E-state index in [1.807, 2.05) is 4.90 Å². The Kier molecular flexibility index (Phi) is 3.74. The summed E-state index contributed by atoms with van der Waals surface area (Å²) in [6.07, 6.45) is 0.272. The van der Waals surface area contributed by atoms with Crippen molar-refractivity contribution in [2.45, 2.75) is 51.6 Å². The fraction of sp³-hybridized carbons (Fsp3) is 1.00. The van der Waals surface area contributed by atoms with Crippen molar-refractivity contribution in [3.05, 3.63) is 0 Å². The molecule has 1 saturated heterocycles. The maximum absolute atomic E-state index is 12.7. The number of hydrogen-bond donors (Lipinski definition) is 1. The van der Waals surface area contributed by atoms with Crippen molar-refractivity contribution >= 4 is 0 Å². The highest BCUT2D eigenvalue weighted by atomic mass is 19.3. The summed E-state index contributed by atoms with van der Waals surface area (Å²) in [4.78, 5) is 2.00. The molecular formula is C13H24F2N2. The third-order valence-corrected chi connectivity index (χ3v) is 4.34. The third-order valence-electron chi connectivity index (χ3n) is 4.34. The number of hydrogen-bond acceptors (Lipinski definition) is 2. The molecule has 1 aliphatic heterocycles. The Morgan fingerprint density at radius 2 is 2.00 bits per heavy atom.